The molecule has 2 unspecified atom stereocenters. The summed E-state index contributed by atoms with van der Waals surface area (Å²) in [6.45, 7) is 25.1. The molecule has 2 aliphatic heterocycles. The summed E-state index contributed by atoms with van der Waals surface area (Å²) in [5.74, 6) is -1.85. The Bertz CT molecular complexity index is 2280. The predicted molar refractivity (Wildman–Crippen MR) is 291 cm³/mol. The Morgan fingerprint density at radius 2 is 1.22 bits per heavy atom. The second kappa shape index (κ2) is 26.0. The molecule has 14 heteroatoms. The summed E-state index contributed by atoms with van der Waals surface area (Å²) in [7, 11) is -2.82. The monoisotopic (exact) mass is 1040 g/mol. The van der Waals surface area contributed by atoms with Crippen molar-refractivity contribution in [3.05, 3.63) is 109 Å². The smallest absolute Gasteiger partial charge is 0.410 e. The van der Waals surface area contributed by atoms with E-state index in [1.165, 1.54) is 16.4 Å². The molecule has 1 amide bonds. The van der Waals surface area contributed by atoms with Gasteiger partial charge in [0.05, 0.1) is 22.9 Å². The molecular weight excluding hydrogens is 953 g/mol. The van der Waals surface area contributed by atoms with Gasteiger partial charge in [-0.3, -0.25) is 19.2 Å². The number of ether oxygens (including phenoxy) is 5. The van der Waals surface area contributed by atoms with Crippen molar-refractivity contribution in [1.82, 2.24) is 9.80 Å². The van der Waals surface area contributed by atoms with Crippen LogP contribution in [0.2, 0.25) is 5.04 Å². The number of carbonyl (C=O) groups excluding carboxylic acids is 5. The van der Waals surface area contributed by atoms with E-state index in [1.807, 2.05) is 52.3 Å². The van der Waals surface area contributed by atoms with Crippen LogP contribution in [0.25, 0.3) is 0 Å². The van der Waals surface area contributed by atoms with Crippen LogP contribution in [0.5, 0.6) is 0 Å². The zero-order valence-electron chi connectivity index (χ0n) is 46.6. The third-order valence-corrected chi connectivity index (χ3v) is 18.7. The summed E-state index contributed by atoms with van der Waals surface area (Å²) in [6, 6.07) is 29.7. The molecule has 0 radical (unpaired) electrons. The molecule has 0 aromatic heterocycles. The number of amides is 1. The Morgan fingerprint density at radius 1 is 0.689 bits per heavy atom. The Hall–Kier alpha value is -5.31. The van der Waals surface area contributed by atoms with Crippen LogP contribution in [-0.2, 0) is 53.9 Å². The zero-order chi connectivity index (χ0) is 54.5. The van der Waals surface area contributed by atoms with Gasteiger partial charge in [0.1, 0.15) is 6.61 Å². The molecule has 406 valence electrons. The van der Waals surface area contributed by atoms with E-state index in [0.717, 1.165) is 24.8 Å². The third kappa shape index (κ3) is 15.9. The Morgan fingerprint density at radius 3 is 1.74 bits per heavy atom. The minimum Gasteiger partial charge on any atom is -0.455 e. The number of allylic oxidation sites excluding steroid dienone is 1. The van der Waals surface area contributed by atoms with Gasteiger partial charge in [0.2, 0.25) is 0 Å². The maximum Gasteiger partial charge on any atom is 0.410 e. The largest absolute Gasteiger partial charge is 0.455 e. The first-order valence-electron chi connectivity index (χ1n) is 26.7. The molecule has 0 saturated carbocycles. The minimum atomic E-state index is -2.82. The fraction of sp³-hybridized carbons (Fsp3) is 0.583. The van der Waals surface area contributed by atoms with E-state index in [1.54, 1.807) is 68.5 Å². The minimum absolute atomic E-state index is 0.0642. The van der Waals surface area contributed by atoms with Gasteiger partial charge < -0.3 is 37.9 Å². The molecule has 0 spiro atoms. The number of hydrogen-bond donors (Lipinski definition) is 0. The Balaban J connectivity index is 1.51. The van der Waals surface area contributed by atoms with Gasteiger partial charge in [-0.05, 0) is 115 Å². The highest BCUT2D eigenvalue weighted by molar-refractivity contribution is 6.99. The first-order valence-corrected chi connectivity index (χ1v) is 28.6. The average Bonchev–Trinajstić information content (AvgIpc) is 3.33. The molecule has 2 heterocycles. The molecule has 13 nitrogen and oxygen atoms in total. The normalized spacial score (nSPS) is 20.1. The fourth-order valence-electron chi connectivity index (χ4n) is 9.43. The number of nitrogens with zero attached hydrogens (tertiary/aromatic N) is 2. The molecule has 3 aromatic carbocycles. The first-order chi connectivity index (χ1) is 34.8. The maximum atomic E-state index is 14.7. The molecule has 3 aromatic rings. The molecular formula is C60H86N2O11Si. The van der Waals surface area contributed by atoms with Crippen molar-refractivity contribution in [3.63, 3.8) is 0 Å². The van der Waals surface area contributed by atoms with Gasteiger partial charge >= 0.3 is 24.0 Å². The predicted octanol–water partition coefficient (Wildman–Crippen LogP) is 10.7. The van der Waals surface area contributed by atoms with E-state index >= 15 is 0 Å². The highest BCUT2D eigenvalue weighted by atomic mass is 28.4. The molecule has 5 rings (SSSR count). The lowest BCUT2D eigenvalue weighted by atomic mass is 9.91. The van der Waals surface area contributed by atoms with Gasteiger partial charge in [0, 0.05) is 37.9 Å². The molecule has 6 atom stereocenters. The second-order valence-electron chi connectivity index (χ2n) is 24.1. The molecule has 74 heavy (non-hydrogen) atoms. The van der Waals surface area contributed by atoms with Crippen molar-refractivity contribution in [1.29, 1.82) is 0 Å². The van der Waals surface area contributed by atoms with E-state index in [-0.39, 0.29) is 30.5 Å². The Kier molecular flexibility index (Phi) is 20.9. The van der Waals surface area contributed by atoms with Gasteiger partial charge in [-0.2, -0.15) is 0 Å². The van der Waals surface area contributed by atoms with Crippen LogP contribution in [-0.4, -0.2) is 104 Å². The maximum absolute atomic E-state index is 14.7. The molecule has 1 fully saturated rings. The molecule has 2 aliphatic rings. The molecule has 0 bridgehead atoms. The van der Waals surface area contributed by atoms with Crippen LogP contribution in [0.3, 0.4) is 0 Å². The van der Waals surface area contributed by atoms with Gasteiger partial charge in [-0.1, -0.05) is 138 Å². The number of rotatable bonds is 21. The highest BCUT2D eigenvalue weighted by Crippen LogP contribution is 2.38. The second-order valence-corrected chi connectivity index (χ2v) is 28.4. The van der Waals surface area contributed by atoms with Crippen LogP contribution in [0.4, 0.5) is 4.79 Å². The first kappa shape index (κ1) is 59.6. The summed E-state index contributed by atoms with van der Waals surface area (Å²) in [6.07, 6.45) is 2.83. The van der Waals surface area contributed by atoms with Crippen LogP contribution in [0.15, 0.2) is 103 Å². The van der Waals surface area contributed by atoms with Crippen molar-refractivity contribution < 1.29 is 52.1 Å². The molecule has 0 aliphatic carbocycles. The number of esters is 3. The lowest BCUT2D eigenvalue weighted by Gasteiger charge is -2.49. The highest BCUT2D eigenvalue weighted by Gasteiger charge is 2.53. The average molecular weight is 1040 g/mol. The van der Waals surface area contributed by atoms with Crippen molar-refractivity contribution in [2.24, 2.45) is 16.2 Å². The van der Waals surface area contributed by atoms with E-state index in [9.17, 15) is 24.0 Å². The quantitative estimate of drug-likeness (QED) is 0.0433. The third-order valence-electron chi connectivity index (χ3n) is 13.7. The van der Waals surface area contributed by atoms with E-state index in [4.69, 9.17) is 28.1 Å². The number of benzene rings is 3. The van der Waals surface area contributed by atoms with Crippen molar-refractivity contribution >= 4 is 48.5 Å². The van der Waals surface area contributed by atoms with Gasteiger partial charge in [-0.15, -0.1) is 0 Å². The number of carbonyl (C=O) groups is 5. The van der Waals surface area contributed by atoms with Crippen LogP contribution >= 0.6 is 0 Å². The van der Waals surface area contributed by atoms with Crippen molar-refractivity contribution in [3.8, 4) is 0 Å². The van der Waals surface area contributed by atoms with E-state index in [2.05, 4.69) is 76.2 Å². The fourth-order valence-corrected chi connectivity index (χ4v) is 14.0. The zero-order valence-corrected chi connectivity index (χ0v) is 47.6. The van der Waals surface area contributed by atoms with Crippen molar-refractivity contribution in [2.45, 2.75) is 190 Å². The molecule has 1 saturated heterocycles. The molecule has 0 N–H and O–H groups in total. The lowest BCUT2D eigenvalue weighted by molar-refractivity contribution is -0.256. The summed E-state index contributed by atoms with van der Waals surface area (Å²) in [4.78, 5) is 73.3. The van der Waals surface area contributed by atoms with Crippen molar-refractivity contribution in [2.75, 3.05) is 19.8 Å². The standard InChI is InChI=1S/C60H86N2O11Si/c1-14-15-19-30-44(62(56(67)69-41-43-28-20-16-21-29-43)36-26-27-38-70-74(60(11,12)13,47-31-22-17-23-32-47)48-33-24-18-25-34-48)39-45-40-46(63)35-37-61(45)52-51(73-55(66)59(8,9)10)50(72-54(65)58(5,6)7)49(42-68-52)71-53(64)57(2,3)4/h16-18,20-25,28-29,31-35,37,44-45,49-52H,14-15,19,26-27,30,36,38-42H2,1-13H3/t44-,45+,49-,50?,51?,52+/m1/s1. The topological polar surface area (TPSA) is 147 Å². The van der Waals surface area contributed by atoms with Gasteiger partial charge in [0.25, 0.3) is 8.32 Å². The van der Waals surface area contributed by atoms with E-state index in [0.29, 0.717) is 38.8 Å². The summed E-state index contributed by atoms with van der Waals surface area (Å²) >= 11 is 0. The number of ketones is 1. The van der Waals surface area contributed by atoms with Gasteiger partial charge in [-0.25, -0.2) is 4.79 Å². The van der Waals surface area contributed by atoms with Crippen LogP contribution in [0, 0.1) is 16.2 Å². The summed E-state index contributed by atoms with van der Waals surface area (Å²) in [5, 5.41) is 2.18. The number of hydrogen-bond acceptors (Lipinski definition) is 12. The SMILES string of the molecule is CCCCC[C@H](C[C@H]1CC(=O)C=CN1[C@H]1OC[C@@H](OC(=O)C(C)(C)C)C(OC(=O)C(C)(C)C)C1OC(=O)C(C)(C)C)N(CCCCO[Si](c1ccccc1)(c1ccccc1)C(C)(C)C)C(=O)OCc1ccccc1. The van der Waals surface area contributed by atoms with Crippen LogP contribution in [0.1, 0.15) is 147 Å². The van der Waals surface area contributed by atoms with Crippen LogP contribution < -0.4 is 10.4 Å². The summed E-state index contributed by atoms with van der Waals surface area (Å²) in [5.41, 5.74) is -2.01. The summed E-state index contributed by atoms with van der Waals surface area (Å²) < 4.78 is 38.7. The Labute approximate surface area is 443 Å². The van der Waals surface area contributed by atoms with Gasteiger partial charge in [0.15, 0.2) is 30.3 Å². The lowest BCUT2D eigenvalue weighted by Crippen LogP contribution is -2.66. The number of unbranched alkanes of at least 4 members (excludes halogenated alkanes) is 3. The van der Waals surface area contributed by atoms with E-state index < -0.39 is 85.2 Å².